The van der Waals surface area contributed by atoms with Gasteiger partial charge in [-0.15, -0.1) is 0 Å². The van der Waals surface area contributed by atoms with Crippen molar-refractivity contribution in [2.45, 2.75) is 30.6 Å². The van der Waals surface area contributed by atoms with E-state index in [9.17, 15) is 18.0 Å². The van der Waals surface area contributed by atoms with Crippen LogP contribution in [0.4, 0.5) is 18.9 Å². The number of alkyl halides is 3. The number of benzene rings is 1. The summed E-state index contributed by atoms with van der Waals surface area (Å²) in [5.41, 5.74) is -0.0825. The normalized spacial score (nSPS) is 15.6. The number of nitrogens with zero attached hydrogens (tertiary/aromatic N) is 3. The van der Waals surface area contributed by atoms with Crippen molar-refractivity contribution in [2.75, 3.05) is 43.4 Å². The highest BCUT2D eigenvalue weighted by atomic mass is 32.2. The molecule has 2 heterocycles. The van der Waals surface area contributed by atoms with Crippen molar-refractivity contribution in [1.29, 1.82) is 0 Å². The molecule has 5 nitrogen and oxygen atoms in total. The minimum absolute atomic E-state index is 0.133. The summed E-state index contributed by atoms with van der Waals surface area (Å²) in [6.07, 6.45) is 0.441. The Labute approximate surface area is 172 Å². The van der Waals surface area contributed by atoms with Gasteiger partial charge in [-0.3, -0.25) is 9.69 Å². The molecule has 0 saturated carbocycles. The Hall–Kier alpha value is -2.00. The monoisotopic (exact) mass is 426 g/mol. The third-order valence-corrected chi connectivity index (χ3v) is 5.89. The predicted molar refractivity (Wildman–Crippen MR) is 110 cm³/mol. The molecular weight excluding hydrogens is 401 g/mol. The van der Waals surface area contributed by atoms with Gasteiger partial charge in [-0.2, -0.15) is 13.2 Å². The lowest BCUT2D eigenvalue weighted by molar-refractivity contribution is -0.137. The number of aromatic nitrogens is 2. The van der Waals surface area contributed by atoms with Gasteiger partial charge in [-0.1, -0.05) is 24.2 Å². The third kappa shape index (κ3) is 6.78. The molecule has 1 fully saturated rings. The molecular formula is C20H25F3N4OS. The highest BCUT2D eigenvalue weighted by molar-refractivity contribution is 7.99. The number of piperazine rings is 1. The zero-order valence-corrected chi connectivity index (χ0v) is 16.9. The summed E-state index contributed by atoms with van der Waals surface area (Å²) in [5, 5.41) is 0.656. The van der Waals surface area contributed by atoms with Gasteiger partial charge < -0.3 is 9.88 Å². The zero-order chi connectivity index (χ0) is 20.7. The number of unbranched alkanes of at least 4 members (excludes halogenated alkanes) is 2. The molecule has 1 N–H and O–H groups in total. The van der Waals surface area contributed by atoms with Gasteiger partial charge in [-0.25, -0.2) is 4.98 Å². The van der Waals surface area contributed by atoms with Crippen LogP contribution in [0, 0.1) is 0 Å². The van der Waals surface area contributed by atoms with E-state index < -0.39 is 11.7 Å². The molecule has 0 radical (unpaired) electrons. The average Bonchev–Trinajstić information content (AvgIpc) is 2.70. The van der Waals surface area contributed by atoms with E-state index in [0.717, 1.165) is 63.8 Å². The van der Waals surface area contributed by atoms with E-state index in [1.807, 2.05) is 4.90 Å². The molecule has 0 unspecified atom stereocenters. The number of anilines is 1. The second-order valence-corrected chi connectivity index (χ2v) is 8.11. The molecule has 0 bridgehead atoms. The lowest BCUT2D eigenvalue weighted by atomic mass is 10.1. The molecule has 1 aliphatic heterocycles. The van der Waals surface area contributed by atoms with E-state index in [1.165, 1.54) is 24.4 Å². The van der Waals surface area contributed by atoms with E-state index in [-0.39, 0.29) is 5.56 Å². The summed E-state index contributed by atoms with van der Waals surface area (Å²) in [5.74, 6) is 0.913. The molecule has 3 rings (SSSR count). The lowest BCUT2D eigenvalue weighted by Gasteiger charge is -2.36. The number of hydrogen-bond donors (Lipinski definition) is 1. The first kappa shape index (κ1) is 21.7. The number of aromatic amines is 1. The summed E-state index contributed by atoms with van der Waals surface area (Å²) in [7, 11) is 0. The van der Waals surface area contributed by atoms with Gasteiger partial charge in [0.1, 0.15) is 0 Å². The van der Waals surface area contributed by atoms with Gasteiger partial charge in [0.05, 0.1) is 5.56 Å². The number of halogens is 3. The van der Waals surface area contributed by atoms with Gasteiger partial charge in [0.25, 0.3) is 5.56 Å². The van der Waals surface area contributed by atoms with E-state index in [1.54, 1.807) is 17.8 Å². The predicted octanol–water partition coefficient (Wildman–Crippen LogP) is 3.87. The van der Waals surface area contributed by atoms with Gasteiger partial charge in [0, 0.05) is 49.9 Å². The smallest absolute Gasteiger partial charge is 0.369 e. The van der Waals surface area contributed by atoms with Crippen LogP contribution in [0.3, 0.4) is 0 Å². The highest BCUT2D eigenvalue weighted by Gasteiger charge is 2.31. The molecule has 0 amide bonds. The van der Waals surface area contributed by atoms with Crippen molar-refractivity contribution >= 4 is 17.4 Å². The molecule has 158 valence electrons. The standard InChI is InChI=1S/C20H25F3N4OS/c21-20(22,23)16-5-4-6-17(15-16)27-12-10-26(11-13-27)9-2-1-3-14-29-19-24-8-7-18(28)25-19/h4-8,15H,1-3,9-14H2,(H,24,25,28). The minimum atomic E-state index is -4.30. The zero-order valence-electron chi connectivity index (χ0n) is 16.1. The second kappa shape index (κ2) is 10.2. The van der Waals surface area contributed by atoms with Crippen LogP contribution in [-0.2, 0) is 6.18 Å². The summed E-state index contributed by atoms with van der Waals surface area (Å²) in [4.78, 5) is 22.4. The van der Waals surface area contributed by atoms with Crippen molar-refractivity contribution in [3.8, 4) is 0 Å². The summed E-state index contributed by atoms with van der Waals surface area (Å²) in [6.45, 7) is 4.20. The Kier molecular flexibility index (Phi) is 7.60. The molecule has 2 aromatic rings. The SMILES string of the molecule is O=c1ccnc(SCCCCCN2CCN(c3cccc(C(F)(F)F)c3)CC2)[nH]1. The van der Waals surface area contributed by atoms with Crippen LogP contribution < -0.4 is 10.5 Å². The van der Waals surface area contributed by atoms with Crippen LogP contribution in [0.25, 0.3) is 0 Å². The van der Waals surface area contributed by atoms with Gasteiger partial charge >= 0.3 is 6.18 Å². The first-order chi connectivity index (χ1) is 13.9. The largest absolute Gasteiger partial charge is 0.416 e. The Morgan fingerprint density at radius 3 is 2.59 bits per heavy atom. The topological polar surface area (TPSA) is 52.2 Å². The van der Waals surface area contributed by atoms with Gasteiger partial charge in [0.15, 0.2) is 5.16 Å². The van der Waals surface area contributed by atoms with Crippen molar-refractivity contribution in [3.63, 3.8) is 0 Å². The maximum absolute atomic E-state index is 12.9. The average molecular weight is 427 g/mol. The van der Waals surface area contributed by atoms with E-state index in [0.29, 0.717) is 10.8 Å². The molecule has 1 aliphatic rings. The number of nitrogens with one attached hydrogen (secondary N) is 1. The molecule has 1 saturated heterocycles. The lowest BCUT2D eigenvalue weighted by Crippen LogP contribution is -2.46. The van der Waals surface area contributed by atoms with E-state index in [2.05, 4.69) is 14.9 Å². The Bertz CT molecular complexity index is 835. The Balaban J connectivity index is 1.33. The first-order valence-corrected chi connectivity index (χ1v) is 10.7. The molecule has 1 aromatic heterocycles. The molecule has 0 atom stereocenters. The number of thioether (sulfide) groups is 1. The molecule has 1 aromatic carbocycles. The maximum Gasteiger partial charge on any atom is 0.416 e. The summed E-state index contributed by atoms with van der Waals surface area (Å²) >= 11 is 1.55. The Morgan fingerprint density at radius 2 is 1.86 bits per heavy atom. The molecule has 29 heavy (non-hydrogen) atoms. The summed E-state index contributed by atoms with van der Waals surface area (Å²) in [6, 6.07) is 6.98. The maximum atomic E-state index is 12.9. The second-order valence-electron chi connectivity index (χ2n) is 7.03. The number of rotatable bonds is 8. The minimum Gasteiger partial charge on any atom is -0.369 e. The molecule has 0 spiro atoms. The fraction of sp³-hybridized carbons (Fsp3) is 0.500. The van der Waals surface area contributed by atoms with E-state index in [4.69, 9.17) is 0 Å². The quantitative estimate of drug-likeness (QED) is 0.395. The Morgan fingerprint density at radius 1 is 1.07 bits per heavy atom. The molecule has 9 heteroatoms. The van der Waals surface area contributed by atoms with Crippen molar-refractivity contribution in [3.05, 3.63) is 52.4 Å². The highest BCUT2D eigenvalue weighted by Crippen LogP contribution is 2.31. The van der Waals surface area contributed by atoms with Crippen LogP contribution in [0.1, 0.15) is 24.8 Å². The van der Waals surface area contributed by atoms with Gasteiger partial charge in [-0.05, 0) is 37.6 Å². The fourth-order valence-corrected chi connectivity index (χ4v) is 4.17. The summed E-state index contributed by atoms with van der Waals surface area (Å²) < 4.78 is 38.7. The fourth-order valence-electron chi connectivity index (χ4n) is 3.32. The van der Waals surface area contributed by atoms with Crippen LogP contribution in [-0.4, -0.2) is 53.3 Å². The van der Waals surface area contributed by atoms with Crippen LogP contribution in [0.15, 0.2) is 46.5 Å². The number of hydrogen-bond acceptors (Lipinski definition) is 5. The van der Waals surface area contributed by atoms with Gasteiger partial charge in [0.2, 0.25) is 0 Å². The van der Waals surface area contributed by atoms with Crippen molar-refractivity contribution in [1.82, 2.24) is 14.9 Å². The van der Waals surface area contributed by atoms with Crippen molar-refractivity contribution in [2.24, 2.45) is 0 Å². The van der Waals surface area contributed by atoms with Crippen LogP contribution >= 0.6 is 11.8 Å². The van der Waals surface area contributed by atoms with Crippen LogP contribution in [0.5, 0.6) is 0 Å². The number of H-pyrrole nitrogens is 1. The van der Waals surface area contributed by atoms with E-state index >= 15 is 0 Å². The van der Waals surface area contributed by atoms with Crippen molar-refractivity contribution < 1.29 is 13.2 Å². The third-order valence-electron chi connectivity index (χ3n) is 4.92. The first-order valence-electron chi connectivity index (χ1n) is 9.74. The molecule has 0 aliphatic carbocycles. The van der Waals surface area contributed by atoms with Crippen LogP contribution in [0.2, 0.25) is 0 Å².